The number of fused-ring (bicyclic) bond motifs is 1. The molecule has 31 heavy (non-hydrogen) atoms. The minimum absolute atomic E-state index is 0.0000877. The molecule has 10 nitrogen and oxygen atoms in total. The van der Waals surface area contributed by atoms with Gasteiger partial charge in [-0.3, -0.25) is 13.9 Å². The highest BCUT2D eigenvalue weighted by atomic mass is 16.5. The van der Waals surface area contributed by atoms with Gasteiger partial charge in [-0.25, -0.2) is 4.79 Å². The van der Waals surface area contributed by atoms with Crippen LogP contribution in [0.1, 0.15) is 17.5 Å². The van der Waals surface area contributed by atoms with Gasteiger partial charge in [0.05, 0.1) is 6.54 Å². The zero-order valence-electron chi connectivity index (χ0n) is 18.3. The maximum Gasteiger partial charge on any atom is 0.332 e. The van der Waals surface area contributed by atoms with Crippen molar-refractivity contribution in [2.24, 2.45) is 14.1 Å². The van der Waals surface area contributed by atoms with E-state index >= 15 is 0 Å². The number of aliphatic hydroxyl groups is 2. The molecule has 10 heteroatoms. The van der Waals surface area contributed by atoms with E-state index in [9.17, 15) is 14.7 Å². The molecule has 3 aromatic rings. The summed E-state index contributed by atoms with van der Waals surface area (Å²) < 4.78 is 9.59. The molecule has 0 radical (unpaired) electrons. The molecule has 0 aliphatic heterocycles. The number of nitrogens with zero attached hydrogens (tertiary/aromatic N) is 4. The number of rotatable bonds is 9. The van der Waals surface area contributed by atoms with E-state index in [4.69, 9.17) is 9.84 Å². The van der Waals surface area contributed by atoms with Crippen molar-refractivity contribution in [1.29, 1.82) is 0 Å². The Morgan fingerprint density at radius 1 is 1.16 bits per heavy atom. The second-order valence-electron chi connectivity index (χ2n) is 7.64. The molecule has 2 heterocycles. The largest absolute Gasteiger partial charge is 0.491 e. The van der Waals surface area contributed by atoms with Gasteiger partial charge < -0.3 is 24.8 Å². The van der Waals surface area contributed by atoms with Crippen LogP contribution in [-0.4, -0.2) is 54.8 Å². The number of aliphatic hydroxyl groups excluding tert-OH is 2. The van der Waals surface area contributed by atoms with Gasteiger partial charge in [-0.05, 0) is 43.5 Å². The van der Waals surface area contributed by atoms with Gasteiger partial charge in [0.15, 0.2) is 11.2 Å². The minimum Gasteiger partial charge on any atom is -0.491 e. The molecule has 0 saturated heterocycles. The van der Waals surface area contributed by atoms with E-state index in [1.807, 2.05) is 32.0 Å². The first-order chi connectivity index (χ1) is 14.7. The van der Waals surface area contributed by atoms with E-state index in [1.165, 1.54) is 18.7 Å². The van der Waals surface area contributed by atoms with E-state index in [1.54, 1.807) is 4.57 Å². The highest BCUT2D eigenvalue weighted by Crippen LogP contribution is 2.19. The van der Waals surface area contributed by atoms with Gasteiger partial charge in [0, 0.05) is 27.2 Å². The highest BCUT2D eigenvalue weighted by Gasteiger charge is 2.21. The van der Waals surface area contributed by atoms with Crippen molar-refractivity contribution >= 4 is 17.1 Å². The van der Waals surface area contributed by atoms with Crippen molar-refractivity contribution in [3.63, 3.8) is 0 Å². The number of aryl methyl sites for hydroxylation is 3. The number of ether oxygens (including phenoxy) is 1. The maximum absolute atomic E-state index is 12.8. The first-order valence-electron chi connectivity index (χ1n) is 10.1. The Morgan fingerprint density at radius 3 is 2.58 bits per heavy atom. The van der Waals surface area contributed by atoms with Crippen LogP contribution in [0.5, 0.6) is 5.75 Å². The number of anilines is 1. The molecule has 3 rings (SSSR count). The number of imidazole rings is 1. The fourth-order valence-electron chi connectivity index (χ4n) is 3.30. The van der Waals surface area contributed by atoms with Crippen LogP contribution in [-0.2, 0) is 20.6 Å². The SMILES string of the molecule is Cc1ccc(OCC(O)Cn2c(NCCCO)nc3c2c(=O)n(C)c(=O)n3C)cc1C. The van der Waals surface area contributed by atoms with Crippen LogP contribution >= 0.6 is 0 Å². The Labute approximate surface area is 179 Å². The van der Waals surface area contributed by atoms with E-state index in [2.05, 4.69) is 10.3 Å². The maximum atomic E-state index is 12.8. The summed E-state index contributed by atoms with van der Waals surface area (Å²) in [6, 6.07) is 5.70. The van der Waals surface area contributed by atoms with Crippen molar-refractivity contribution in [3.05, 3.63) is 50.2 Å². The molecule has 168 valence electrons. The van der Waals surface area contributed by atoms with Gasteiger partial charge in [0.1, 0.15) is 18.5 Å². The summed E-state index contributed by atoms with van der Waals surface area (Å²) in [5, 5.41) is 22.7. The lowest BCUT2D eigenvalue weighted by atomic mass is 10.1. The van der Waals surface area contributed by atoms with E-state index in [0.29, 0.717) is 24.7 Å². The standard InChI is InChI=1S/C21H29N5O5/c1-13-6-7-16(10-14(13)2)31-12-15(28)11-26-17-18(23-20(26)22-8-5-9-27)24(3)21(30)25(4)19(17)29/h6-7,10,15,27-28H,5,8-9,11-12H2,1-4H3,(H,22,23). The topological polar surface area (TPSA) is 124 Å². The summed E-state index contributed by atoms with van der Waals surface area (Å²) in [5.41, 5.74) is 1.69. The summed E-state index contributed by atoms with van der Waals surface area (Å²) in [6.45, 7) is 4.47. The molecular weight excluding hydrogens is 402 g/mol. The molecule has 1 aromatic carbocycles. The van der Waals surface area contributed by atoms with Crippen LogP contribution < -0.4 is 21.3 Å². The summed E-state index contributed by atoms with van der Waals surface area (Å²) in [6.07, 6.45) is -0.446. The lowest BCUT2D eigenvalue weighted by molar-refractivity contribution is 0.0937. The number of aromatic nitrogens is 4. The first-order valence-corrected chi connectivity index (χ1v) is 10.1. The zero-order valence-corrected chi connectivity index (χ0v) is 18.3. The monoisotopic (exact) mass is 431 g/mol. The van der Waals surface area contributed by atoms with Crippen LogP contribution in [0.2, 0.25) is 0 Å². The normalized spacial score (nSPS) is 12.3. The molecule has 1 unspecified atom stereocenters. The van der Waals surface area contributed by atoms with E-state index in [0.717, 1.165) is 15.7 Å². The number of nitrogens with one attached hydrogen (secondary N) is 1. The Bertz CT molecular complexity index is 1190. The lowest BCUT2D eigenvalue weighted by Gasteiger charge is -2.16. The Morgan fingerprint density at radius 2 is 1.90 bits per heavy atom. The molecule has 0 bridgehead atoms. The second kappa shape index (κ2) is 9.36. The third-order valence-electron chi connectivity index (χ3n) is 5.28. The van der Waals surface area contributed by atoms with Crippen LogP contribution in [0.4, 0.5) is 5.95 Å². The minimum atomic E-state index is -0.931. The Kier molecular flexibility index (Phi) is 6.81. The zero-order chi connectivity index (χ0) is 22.7. The second-order valence-corrected chi connectivity index (χ2v) is 7.64. The Hall–Kier alpha value is -3.11. The van der Waals surface area contributed by atoms with Crippen molar-refractivity contribution in [1.82, 2.24) is 18.7 Å². The van der Waals surface area contributed by atoms with Gasteiger partial charge in [-0.15, -0.1) is 0 Å². The van der Waals surface area contributed by atoms with Crippen LogP contribution in [0, 0.1) is 13.8 Å². The van der Waals surface area contributed by atoms with Gasteiger partial charge in [0.25, 0.3) is 5.56 Å². The average molecular weight is 431 g/mol. The molecule has 1 atom stereocenters. The summed E-state index contributed by atoms with van der Waals surface area (Å²) in [7, 11) is 2.94. The van der Waals surface area contributed by atoms with Gasteiger partial charge >= 0.3 is 5.69 Å². The number of hydrogen-bond donors (Lipinski definition) is 3. The summed E-state index contributed by atoms with van der Waals surface area (Å²) in [4.78, 5) is 29.5. The first kappa shape index (κ1) is 22.6. The molecule has 0 fully saturated rings. The lowest BCUT2D eigenvalue weighted by Crippen LogP contribution is -2.38. The van der Waals surface area contributed by atoms with Crippen molar-refractivity contribution in [3.8, 4) is 5.75 Å². The number of benzene rings is 1. The van der Waals surface area contributed by atoms with Crippen LogP contribution in [0.25, 0.3) is 11.2 Å². The third kappa shape index (κ3) is 4.64. The third-order valence-corrected chi connectivity index (χ3v) is 5.28. The number of hydrogen-bond acceptors (Lipinski definition) is 7. The van der Waals surface area contributed by atoms with Gasteiger partial charge in [0.2, 0.25) is 5.95 Å². The quantitative estimate of drug-likeness (QED) is 0.416. The molecule has 2 aromatic heterocycles. The smallest absolute Gasteiger partial charge is 0.332 e. The summed E-state index contributed by atoms with van der Waals surface area (Å²) in [5.74, 6) is 0.990. The molecule has 0 aliphatic rings. The van der Waals surface area contributed by atoms with Crippen molar-refractivity contribution in [2.75, 3.05) is 25.1 Å². The Balaban J connectivity index is 1.91. The predicted molar refractivity (Wildman–Crippen MR) is 118 cm³/mol. The molecule has 0 aliphatic carbocycles. The highest BCUT2D eigenvalue weighted by molar-refractivity contribution is 5.74. The molecule has 3 N–H and O–H groups in total. The average Bonchev–Trinajstić information content (AvgIpc) is 3.10. The van der Waals surface area contributed by atoms with Crippen molar-refractivity contribution < 1.29 is 14.9 Å². The fraction of sp³-hybridized carbons (Fsp3) is 0.476. The van der Waals surface area contributed by atoms with E-state index in [-0.39, 0.29) is 30.9 Å². The molecule has 0 saturated carbocycles. The molecule has 0 amide bonds. The van der Waals surface area contributed by atoms with Crippen LogP contribution in [0.3, 0.4) is 0 Å². The van der Waals surface area contributed by atoms with Crippen LogP contribution in [0.15, 0.2) is 27.8 Å². The predicted octanol–water partition coefficient (Wildman–Crippen LogP) is 0.285. The van der Waals surface area contributed by atoms with Gasteiger partial charge in [-0.2, -0.15) is 4.98 Å². The summed E-state index contributed by atoms with van der Waals surface area (Å²) >= 11 is 0. The van der Waals surface area contributed by atoms with E-state index < -0.39 is 17.4 Å². The van der Waals surface area contributed by atoms with Gasteiger partial charge in [-0.1, -0.05) is 6.07 Å². The van der Waals surface area contributed by atoms with Crippen molar-refractivity contribution in [2.45, 2.75) is 32.9 Å². The molecular formula is C21H29N5O5. The molecule has 0 spiro atoms. The fourth-order valence-corrected chi connectivity index (χ4v) is 3.30.